The maximum atomic E-state index is 11.9. The normalized spacial score (nSPS) is 10.7. The lowest BCUT2D eigenvalue weighted by atomic mass is 10.3. The summed E-state index contributed by atoms with van der Waals surface area (Å²) in [6.07, 6.45) is 1.68. The Morgan fingerprint density at radius 3 is 2.55 bits per heavy atom. The molecule has 0 spiro atoms. The van der Waals surface area contributed by atoms with Crippen molar-refractivity contribution in [1.82, 2.24) is 4.57 Å². The summed E-state index contributed by atoms with van der Waals surface area (Å²) in [7, 11) is 1.62. The van der Waals surface area contributed by atoms with E-state index in [9.17, 15) is 4.79 Å². The minimum atomic E-state index is -0.194. The van der Waals surface area contributed by atoms with Crippen molar-refractivity contribution in [3.63, 3.8) is 0 Å². The summed E-state index contributed by atoms with van der Waals surface area (Å²) < 4.78 is 17.0. The van der Waals surface area contributed by atoms with Crippen molar-refractivity contribution in [2.24, 2.45) is 5.73 Å². The summed E-state index contributed by atoms with van der Waals surface area (Å²) in [5, 5.41) is 0. The topological polar surface area (TPSA) is 75.7 Å². The molecule has 0 unspecified atom stereocenters. The highest BCUT2D eigenvalue weighted by atomic mass is 32.1. The van der Waals surface area contributed by atoms with Crippen LogP contribution in [0.1, 0.15) is 5.56 Å². The van der Waals surface area contributed by atoms with E-state index in [1.54, 1.807) is 25.4 Å². The Morgan fingerprint density at radius 1 is 1.25 bits per heavy atom. The fourth-order valence-corrected chi connectivity index (χ4v) is 1.68. The van der Waals surface area contributed by atoms with Gasteiger partial charge in [-0.05, 0) is 12.1 Å². The summed E-state index contributed by atoms with van der Waals surface area (Å²) in [5.74, 6) is 0. The molecule has 2 N–H and O–H groups in total. The zero-order chi connectivity index (χ0) is 14.8. The number of ether oxygens (including phenoxy) is 3. The van der Waals surface area contributed by atoms with Crippen LogP contribution in [0.4, 0.5) is 0 Å². The first kappa shape index (κ1) is 16.8. The molecule has 0 aliphatic heterocycles. The van der Waals surface area contributed by atoms with Crippen LogP contribution in [0.2, 0.25) is 0 Å². The fourth-order valence-electron chi connectivity index (χ4n) is 1.53. The lowest BCUT2D eigenvalue weighted by Crippen LogP contribution is -2.29. The number of aromatic nitrogens is 1. The number of hydrogen-bond donors (Lipinski definition) is 1. The highest BCUT2D eigenvalue weighted by Crippen LogP contribution is 1.92. The zero-order valence-corrected chi connectivity index (χ0v) is 12.4. The van der Waals surface area contributed by atoms with Gasteiger partial charge < -0.3 is 24.5 Å². The average molecular weight is 300 g/mol. The molecule has 0 saturated heterocycles. The molecule has 1 heterocycles. The van der Waals surface area contributed by atoms with Crippen LogP contribution in [0.15, 0.2) is 23.1 Å². The van der Waals surface area contributed by atoms with Crippen LogP contribution >= 0.6 is 12.2 Å². The SMILES string of the molecule is COCCOCCOCCn1cccc(C(N)=S)c1=O. The molecule has 0 saturated carbocycles. The van der Waals surface area contributed by atoms with E-state index in [1.165, 1.54) is 4.57 Å². The molecule has 0 bridgehead atoms. The van der Waals surface area contributed by atoms with Crippen LogP contribution in [0.5, 0.6) is 0 Å². The summed E-state index contributed by atoms with van der Waals surface area (Å²) in [6, 6.07) is 3.36. The van der Waals surface area contributed by atoms with E-state index in [-0.39, 0.29) is 10.5 Å². The number of nitrogens with two attached hydrogens (primary N) is 1. The predicted octanol–water partition coefficient (Wildman–Crippen LogP) is 0.162. The quantitative estimate of drug-likeness (QED) is 0.490. The molecule has 112 valence electrons. The highest BCUT2D eigenvalue weighted by Gasteiger charge is 2.04. The maximum absolute atomic E-state index is 11.9. The van der Waals surface area contributed by atoms with Gasteiger partial charge in [0.25, 0.3) is 5.56 Å². The summed E-state index contributed by atoms with van der Waals surface area (Å²) in [4.78, 5) is 12.1. The smallest absolute Gasteiger partial charge is 0.260 e. The highest BCUT2D eigenvalue weighted by molar-refractivity contribution is 7.80. The molecule has 0 aliphatic rings. The van der Waals surface area contributed by atoms with Gasteiger partial charge in [-0.15, -0.1) is 0 Å². The molecular formula is C13H20N2O4S. The maximum Gasteiger partial charge on any atom is 0.260 e. The predicted molar refractivity (Wildman–Crippen MR) is 80.1 cm³/mol. The minimum absolute atomic E-state index is 0.108. The lowest BCUT2D eigenvalue weighted by molar-refractivity contribution is 0.0229. The van der Waals surface area contributed by atoms with E-state index >= 15 is 0 Å². The first-order valence-corrected chi connectivity index (χ1v) is 6.71. The van der Waals surface area contributed by atoms with Crippen molar-refractivity contribution in [3.05, 3.63) is 34.2 Å². The van der Waals surface area contributed by atoms with Crippen LogP contribution in [-0.2, 0) is 20.8 Å². The molecule has 0 aromatic carbocycles. The van der Waals surface area contributed by atoms with Gasteiger partial charge in [-0.2, -0.15) is 0 Å². The molecule has 1 aromatic rings. The molecule has 7 heteroatoms. The van der Waals surface area contributed by atoms with Gasteiger partial charge >= 0.3 is 0 Å². The second kappa shape index (κ2) is 9.60. The molecule has 0 aliphatic carbocycles. The Balaban J connectivity index is 2.27. The third-order valence-corrected chi connectivity index (χ3v) is 2.79. The monoisotopic (exact) mass is 300 g/mol. The summed E-state index contributed by atoms with van der Waals surface area (Å²) >= 11 is 4.82. The summed E-state index contributed by atoms with van der Waals surface area (Å²) in [5.41, 5.74) is 5.64. The molecule has 0 radical (unpaired) electrons. The largest absolute Gasteiger partial charge is 0.389 e. The molecule has 20 heavy (non-hydrogen) atoms. The van der Waals surface area contributed by atoms with E-state index in [4.69, 9.17) is 32.2 Å². The molecule has 1 aromatic heterocycles. The number of nitrogens with zero attached hydrogens (tertiary/aromatic N) is 1. The van der Waals surface area contributed by atoms with Crippen LogP contribution < -0.4 is 11.3 Å². The van der Waals surface area contributed by atoms with Gasteiger partial charge in [0, 0.05) is 19.9 Å². The molecule has 6 nitrogen and oxygen atoms in total. The summed E-state index contributed by atoms with van der Waals surface area (Å²) in [6.45, 7) is 2.98. The second-order valence-corrected chi connectivity index (χ2v) is 4.44. The van der Waals surface area contributed by atoms with E-state index < -0.39 is 0 Å². The second-order valence-electron chi connectivity index (χ2n) is 4.00. The van der Waals surface area contributed by atoms with E-state index in [0.29, 0.717) is 45.1 Å². The van der Waals surface area contributed by atoms with Crippen molar-refractivity contribution in [3.8, 4) is 0 Å². The molecule has 0 atom stereocenters. The van der Waals surface area contributed by atoms with Crippen LogP contribution in [0.25, 0.3) is 0 Å². The number of hydrogen-bond acceptors (Lipinski definition) is 5. The van der Waals surface area contributed by atoms with Gasteiger partial charge in [0.1, 0.15) is 4.99 Å². The Bertz CT molecular complexity index is 476. The van der Waals surface area contributed by atoms with Gasteiger partial charge in [0.15, 0.2) is 0 Å². The minimum Gasteiger partial charge on any atom is -0.389 e. The Kier molecular flexibility index (Phi) is 8.05. The standard InChI is InChI=1S/C13H20N2O4S/c1-17-7-8-19-10-9-18-6-5-15-4-2-3-11(12(14)20)13(15)16/h2-4H,5-10H2,1H3,(H2,14,20). The van der Waals surface area contributed by atoms with Crippen molar-refractivity contribution in [2.75, 3.05) is 40.1 Å². The fraction of sp³-hybridized carbons (Fsp3) is 0.538. The third kappa shape index (κ3) is 5.79. The van der Waals surface area contributed by atoms with E-state index in [1.807, 2.05) is 0 Å². The third-order valence-electron chi connectivity index (χ3n) is 2.57. The first-order chi connectivity index (χ1) is 9.66. The van der Waals surface area contributed by atoms with Gasteiger partial charge in [-0.3, -0.25) is 4.79 Å². The van der Waals surface area contributed by atoms with Gasteiger partial charge in [0.2, 0.25) is 0 Å². The van der Waals surface area contributed by atoms with Crippen LogP contribution in [-0.4, -0.2) is 49.7 Å². The number of rotatable bonds is 10. The Morgan fingerprint density at radius 2 is 1.90 bits per heavy atom. The van der Waals surface area contributed by atoms with Crippen LogP contribution in [0.3, 0.4) is 0 Å². The van der Waals surface area contributed by atoms with E-state index in [2.05, 4.69) is 0 Å². The Labute approximate surface area is 123 Å². The number of pyridine rings is 1. The Hall–Kier alpha value is -1.28. The van der Waals surface area contributed by atoms with E-state index in [0.717, 1.165) is 0 Å². The molecule has 0 fully saturated rings. The zero-order valence-electron chi connectivity index (χ0n) is 11.5. The van der Waals surface area contributed by atoms with Gasteiger partial charge in [0.05, 0.1) is 38.6 Å². The molecule has 1 rings (SSSR count). The van der Waals surface area contributed by atoms with Gasteiger partial charge in [-0.25, -0.2) is 0 Å². The van der Waals surface area contributed by atoms with Crippen molar-refractivity contribution in [2.45, 2.75) is 6.54 Å². The van der Waals surface area contributed by atoms with Crippen LogP contribution in [0, 0.1) is 0 Å². The molecular weight excluding hydrogens is 280 g/mol. The van der Waals surface area contributed by atoms with Gasteiger partial charge in [-0.1, -0.05) is 12.2 Å². The molecule has 0 amide bonds. The van der Waals surface area contributed by atoms with Crippen molar-refractivity contribution >= 4 is 17.2 Å². The number of methoxy groups -OCH3 is 1. The lowest BCUT2D eigenvalue weighted by Gasteiger charge is -2.08. The first-order valence-electron chi connectivity index (χ1n) is 6.30. The average Bonchev–Trinajstić information content (AvgIpc) is 2.43. The van der Waals surface area contributed by atoms with Crippen molar-refractivity contribution < 1.29 is 14.2 Å². The number of thiocarbonyl (C=S) groups is 1. The van der Waals surface area contributed by atoms with Crippen molar-refractivity contribution in [1.29, 1.82) is 0 Å².